The maximum Gasteiger partial charge on any atom is 0.125 e. The Morgan fingerprint density at radius 3 is 1.62 bits per heavy atom. The zero-order valence-corrected chi connectivity index (χ0v) is 9.43. The van der Waals surface area contributed by atoms with Gasteiger partial charge >= 0.3 is 0 Å². The van der Waals surface area contributed by atoms with E-state index in [2.05, 4.69) is 0 Å². The second-order valence-corrected chi connectivity index (χ2v) is 3.91. The lowest BCUT2D eigenvalue weighted by atomic mass is 9.86. The first-order valence-electron chi connectivity index (χ1n) is 5.30. The Bertz CT molecular complexity index is 352. The summed E-state index contributed by atoms with van der Waals surface area (Å²) in [6, 6.07) is 3.50. The molecule has 1 aliphatic carbocycles. The zero-order chi connectivity index (χ0) is 11.7. The number of fused-ring (bicyclic) bond motifs is 1. The molecule has 4 nitrogen and oxygen atoms in total. The summed E-state index contributed by atoms with van der Waals surface area (Å²) in [6.07, 6.45) is -0.109. The summed E-state index contributed by atoms with van der Waals surface area (Å²) in [4.78, 5) is 0. The average Bonchev–Trinajstić information content (AvgIpc) is 2.32. The number of rotatable bonds is 2. The van der Waals surface area contributed by atoms with Crippen LogP contribution in [0.3, 0.4) is 0 Å². The Kier molecular flexibility index (Phi) is 3.03. The molecule has 0 fully saturated rings. The molecule has 0 heterocycles. The Morgan fingerprint density at radius 1 is 0.938 bits per heavy atom. The molecule has 0 spiro atoms. The van der Waals surface area contributed by atoms with E-state index in [1.54, 1.807) is 26.4 Å². The lowest BCUT2D eigenvalue weighted by molar-refractivity contribution is 0.0862. The van der Waals surface area contributed by atoms with Crippen LogP contribution in [-0.2, 0) is 0 Å². The van der Waals surface area contributed by atoms with Crippen LogP contribution in [0, 0.1) is 0 Å². The van der Waals surface area contributed by atoms with E-state index in [9.17, 15) is 10.2 Å². The van der Waals surface area contributed by atoms with Gasteiger partial charge in [0.2, 0.25) is 0 Å². The van der Waals surface area contributed by atoms with E-state index in [0.29, 0.717) is 35.5 Å². The van der Waals surface area contributed by atoms with Crippen LogP contribution in [0.4, 0.5) is 0 Å². The van der Waals surface area contributed by atoms with Crippen LogP contribution >= 0.6 is 0 Å². The smallest absolute Gasteiger partial charge is 0.125 e. The molecule has 1 aromatic rings. The second kappa shape index (κ2) is 4.31. The highest BCUT2D eigenvalue weighted by molar-refractivity contribution is 5.52. The van der Waals surface area contributed by atoms with Crippen molar-refractivity contribution in [3.63, 3.8) is 0 Å². The first kappa shape index (κ1) is 11.2. The summed E-state index contributed by atoms with van der Waals surface area (Å²) in [7, 11) is 3.10. The van der Waals surface area contributed by atoms with E-state index >= 15 is 0 Å². The predicted molar refractivity (Wildman–Crippen MR) is 58.7 cm³/mol. The third-order valence-electron chi connectivity index (χ3n) is 3.03. The van der Waals surface area contributed by atoms with Gasteiger partial charge in [-0.3, -0.25) is 0 Å². The van der Waals surface area contributed by atoms with Gasteiger partial charge in [0.05, 0.1) is 26.4 Å². The van der Waals surface area contributed by atoms with Crippen molar-refractivity contribution in [2.75, 3.05) is 14.2 Å². The van der Waals surface area contributed by atoms with Crippen LogP contribution in [0.5, 0.6) is 11.5 Å². The molecule has 4 heteroatoms. The highest BCUT2D eigenvalue weighted by Gasteiger charge is 2.30. The van der Waals surface area contributed by atoms with Gasteiger partial charge < -0.3 is 19.7 Å². The quantitative estimate of drug-likeness (QED) is 0.800. The normalized spacial score (nSPS) is 23.8. The molecular formula is C12H16O4. The van der Waals surface area contributed by atoms with Gasteiger partial charge in [0.1, 0.15) is 11.5 Å². The number of aliphatic hydroxyl groups is 2. The minimum atomic E-state index is -0.594. The van der Waals surface area contributed by atoms with Crippen molar-refractivity contribution in [2.24, 2.45) is 0 Å². The second-order valence-electron chi connectivity index (χ2n) is 3.91. The molecule has 0 aliphatic heterocycles. The largest absolute Gasteiger partial charge is 0.496 e. The highest BCUT2D eigenvalue weighted by atomic mass is 16.5. The number of hydrogen-bond acceptors (Lipinski definition) is 4. The Morgan fingerprint density at radius 2 is 1.31 bits per heavy atom. The lowest BCUT2D eigenvalue weighted by Gasteiger charge is -2.28. The Hall–Kier alpha value is -1.26. The molecule has 2 rings (SSSR count). The van der Waals surface area contributed by atoms with Crippen LogP contribution in [0.25, 0.3) is 0 Å². The van der Waals surface area contributed by atoms with Crippen molar-refractivity contribution in [1.29, 1.82) is 0 Å². The first-order chi connectivity index (χ1) is 7.69. The molecule has 2 atom stereocenters. The number of benzene rings is 1. The predicted octanol–water partition coefficient (Wildman–Crippen LogP) is 1.56. The molecule has 0 aromatic heterocycles. The van der Waals surface area contributed by atoms with E-state index in [-0.39, 0.29) is 0 Å². The van der Waals surface area contributed by atoms with Gasteiger partial charge in [-0.15, -0.1) is 0 Å². The number of aliphatic hydroxyl groups excluding tert-OH is 2. The molecule has 2 N–H and O–H groups in total. The third-order valence-corrected chi connectivity index (χ3v) is 3.03. The van der Waals surface area contributed by atoms with Crippen LogP contribution in [0.1, 0.15) is 36.2 Å². The Balaban J connectivity index is 2.63. The summed E-state index contributed by atoms with van der Waals surface area (Å²) in [5.41, 5.74) is 1.31. The van der Waals surface area contributed by atoms with Gasteiger partial charge in [-0.25, -0.2) is 0 Å². The fourth-order valence-electron chi connectivity index (χ4n) is 2.24. The molecule has 0 bridgehead atoms. The number of methoxy groups -OCH3 is 2. The molecule has 1 aliphatic rings. The minimum absolute atomic E-state index is 0.539. The third kappa shape index (κ3) is 1.64. The number of hydrogen-bond donors (Lipinski definition) is 2. The van der Waals surface area contributed by atoms with E-state index in [0.717, 1.165) is 0 Å². The molecule has 88 valence electrons. The fourth-order valence-corrected chi connectivity index (χ4v) is 2.24. The van der Waals surface area contributed by atoms with E-state index in [1.807, 2.05) is 0 Å². The standard InChI is InChI=1S/C12H16O4/c1-15-9-5-6-10(16-2)12-8(14)4-3-7(13)11(9)12/h5-8,13-14H,3-4H2,1-2H3/t7-,8-/m1/s1. The van der Waals surface area contributed by atoms with Crippen molar-refractivity contribution in [2.45, 2.75) is 25.0 Å². The summed E-state index contributed by atoms with van der Waals surface area (Å²) >= 11 is 0. The maximum atomic E-state index is 9.96. The van der Waals surface area contributed by atoms with Crippen LogP contribution in [0.2, 0.25) is 0 Å². The highest BCUT2D eigenvalue weighted by Crippen LogP contribution is 2.45. The first-order valence-corrected chi connectivity index (χ1v) is 5.30. The van der Waals surface area contributed by atoms with Crippen molar-refractivity contribution in [3.05, 3.63) is 23.3 Å². The van der Waals surface area contributed by atoms with Crippen molar-refractivity contribution in [1.82, 2.24) is 0 Å². The van der Waals surface area contributed by atoms with E-state index < -0.39 is 12.2 Å². The summed E-state index contributed by atoms with van der Waals surface area (Å²) in [5, 5.41) is 19.9. The monoisotopic (exact) mass is 224 g/mol. The Labute approximate surface area is 94.4 Å². The van der Waals surface area contributed by atoms with Crippen molar-refractivity contribution >= 4 is 0 Å². The molecule has 0 saturated carbocycles. The van der Waals surface area contributed by atoms with Crippen LogP contribution in [0.15, 0.2) is 12.1 Å². The van der Waals surface area contributed by atoms with Crippen LogP contribution in [-0.4, -0.2) is 24.4 Å². The number of ether oxygens (including phenoxy) is 2. The van der Waals surface area contributed by atoms with Gasteiger partial charge in [0.25, 0.3) is 0 Å². The molecule has 0 unspecified atom stereocenters. The summed E-state index contributed by atoms with van der Waals surface area (Å²) in [6.45, 7) is 0. The van der Waals surface area contributed by atoms with Gasteiger partial charge in [0.15, 0.2) is 0 Å². The lowest BCUT2D eigenvalue weighted by Crippen LogP contribution is -2.16. The van der Waals surface area contributed by atoms with Gasteiger partial charge in [-0.1, -0.05) is 0 Å². The topological polar surface area (TPSA) is 58.9 Å². The van der Waals surface area contributed by atoms with Crippen molar-refractivity contribution < 1.29 is 19.7 Å². The summed E-state index contributed by atoms with van der Waals surface area (Å²) in [5.74, 6) is 1.20. The van der Waals surface area contributed by atoms with Crippen LogP contribution < -0.4 is 9.47 Å². The van der Waals surface area contributed by atoms with E-state index in [4.69, 9.17) is 9.47 Å². The minimum Gasteiger partial charge on any atom is -0.496 e. The van der Waals surface area contributed by atoms with Gasteiger partial charge in [0, 0.05) is 11.1 Å². The van der Waals surface area contributed by atoms with Gasteiger partial charge in [-0.05, 0) is 25.0 Å². The molecule has 16 heavy (non-hydrogen) atoms. The SMILES string of the molecule is COc1ccc(OC)c2c1[C@H](O)CC[C@H]2O. The maximum absolute atomic E-state index is 9.96. The molecule has 1 aromatic carbocycles. The van der Waals surface area contributed by atoms with E-state index in [1.165, 1.54) is 0 Å². The molecule has 0 amide bonds. The molecule has 0 radical (unpaired) electrons. The summed E-state index contributed by atoms with van der Waals surface area (Å²) < 4.78 is 10.4. The molecular weight excluding hydrogens is 208 g/mol. The average molecular weight is 224 g/mol. The fraction of sp³-hybridized carbons (Fsp3) is 0.500. The van der Waals surface area contributed by atoms with Gasteiger partial charge in [-0.2, -0.15) is 0 Å². The van der Waals surface area contributed by atoms with Crippen molar-refractivity contribution in [3.8, 4) is 11.5 Å². The molecule has 0 saturated heterocycles. The zero-order valence-electron chi connectivity index (χ0n) is 9.43.